The van der Waals surface area contributed by atoms with Gasteiger partial charge in [-0.2, -0.15) is 0 Å². The average molecular weight is 1050 g/mol. The van der Waals surface area contributed by atoms with Gasteiger partial charge in [-0.1, -0.05) is 209 Å². The molecule has 2 aliphatic rings. The summed E-state index contributed by atoms with van der Waals surface area (Å²) in [6.45, 7) is 3.59. The molecule has 14 nitrogen and oxygen atoms in total. The summed E-state index contributed by atoms with van der Waals surface area (Å²) in [4.78, 5) is 13.1. The Kier molecular flexibility index (Phi) is 42.8. The zero-order chi connectivity index (χ0) is 53.7. The molecule has 0 aromatic rings. The van der Waals surface area contributed by atoms with Gasteiger partial charge in [-0.05, 0) is 57.8 Å². The fourth-order valence-corrected chi connectivity index (χ4v) is 9.08. The second kappa shape index (κ2) is 46.8. The molecule has 0 aliphatic carbocycles. The molecule has 2 saturated heterocycles. The van der Waals surface area contributed by atoms with Crippen LogP contribution in [0, 0.1) is 0 Å². The summed E-state index contributed by atoms with van der Waals surface area (Å²) in [6, 6.07) is 0. The van der Waals surface area contributed by atoms with E-state index in [1.54, 1.807) is 0 Å². The zero-order valence-electron chi connectivity index (χ0n) is 46.1. The molecule has 11 unspecified atom stereocenters. The summed E-state index contributed by atoms with van der Waals surface area (Å²) in [6.07, 6.45) is 41.3. The van der Waals surface area contributed by atoms with Gasteiger partial charge in [0.25, 0.3) is 0 Å². The number of ether oxygens (including phenoxy) is 6. The van der Waals surface area contributed by atoms with Gasteiger partial charge in [0.05, 0.1) is 26.4 Å². The van der Waals surface area contributed by atoms with Gasteiger partial charge in [-0.3, -0.25) is 4.79 Å². The van der Waals surface area contributed by atoms with Crippen molar-refractivity contribution in [1.82, 2.24) is 0 Å². The van der Waals surface area contributed by atoms with Crippen LogP contribution in [0.3, 0.4) is 0 Å². The Morgan fingerprint density at radius 3 is 1.38 bits per heavy atom. The summed E-state index contributed by atoms with van der Waals surface area (Å²) < 4.78 is 34.4. The molecule has 0 aromatic heterocycles. The number of rotatable bonds is 47. The smallest absolute Gasteiger partial charge is 0.306 e. The molecule has 0 bridgehead atoms. The lowest BCUT2D eigenvalue weighted by Crippen LogP contribution is -2.61. The van der Waals surface area contributed by atoms with Crippen molar-refractivity contribution in [2.45, 2.75) is 280 Å². The topological polar surface area (TPSA) is 214 Å². The summed E-state index contributed by atoms with van der Waals surface area (Å²) in [5, 5.41) is 72.3. The van der Waals surface area contributed by atoms with Crippen molar-refractivity contribution in [3.63, 3.8) is 0 Å². The Morgan fingerprint density at radius 2 is 0.878 bits per heavy atom. The average Bonchev–Trinajstić information content (AvgIpc) is 3.40. The van der Waals surface area contributed by atoms with Crippen LogP contribution in [0.5, 0.6) is 0 Å². The summed E-state index contributed by atoms with van der Waals surface area (Å²) in [5.74, 6) is -0.381. The molecule has 2 rings (SSSR count). The third-order valence-electron chi connectivity index (χ3n) is 13.8. The quantitative estimate of drug-likeness (QED) is 0.0172. The molecule has 0 amide bonds. The highest BCUT2D eigenvalue weighted by molar-refractivity contribution is 5.69. The SMILES string of the molecule is CC/C=C\C/C=C\C/C=C\C/C=C\C/C=C\CCCCCCCCCCCC(=O)OC(COCCCCCCCCCCCCCCCCC)COC1OC(COC2OC(CO)C(O)C(O)C2O)C(O)C(O)C1O. The van der Waals surface area contributed by atoms with Gasteiger partial charge >= 0.3 is 5.97 Å². The minimum atomic E-state index is -1.71. The van der Waals surface area contributed by atoms with Crippen LogP contribution in [0.4, 0.5) is 0 Å². The molecular weight excluding hydrogens is 945 g/mol. The monoisotopic (exact) mass is 1050 g/mol. The first-order valence-corrected chi connectivity index (χ1v) is 29.4. The van der Waals surface area contributed by atoms with E-state index in [0.717, 1.165) is 77.0 Å². The maximum Gasteiger partial charge on any atom is 0.306 e. The third kappa shape index (κ3) is 33.1. The van der Waals surface area contributed by atoms with Crippen molar-refractivity contribution >= 4 is 5.97 Å². The highest BCUT2D eigenvalue weighted by Gasteiger charge is 2.47. The van der Waals surface area contributed by atoms with E-state index in [1.807, 2.05) is 0 Å². The molecule has 0 aromatic carbocycles. The molecule has 11 atom stereocenters. The Hall–Kier alpha value is -2.31. The largest absolute Gasteiger partial charge is 0.457 e. The predicted molar refractivity (Wildman–Crippen MR) is 293 cm³/mol. The lowest BCUT2D eigenvalue weighted by molar-refractivity contribution is -0.332. The highest BCUT2D eigenvalue weighted by atomic mass is 16.7. The first kappa shape index (κ1) is 67.8. The van der Waals surface area contributed by atoms with Crippen molar-refractivity contribution in [2.75, 3.05) is 33.0 Å². The first-order chi connectivity index (χ1) is 36.1. The van der Waals surface area contributed by atoms with Crippen LogP contribution in [-0.2, 0) is 33.2 Å². The molecule has 2 aliphatic heterocycles. The summed E-state index contributed by atoms with van der Waals surface area (Å²) in [7, 11) is 0. The maximum absolute atomic E-state index is 13.1. The molecule has 0 spiro atoms. The van der Waals surface area contributed by atoms with Crippen molar-refractivity contribution in [3.05, 3.63) is 60.8 Å². The molecular formula is C60H106O14. The molecule has 2 fully saturated rings. The van der Waals surface area contributed by atoms with Crippen molar-refractivity contribution < 1.29 is 69.0 Å². The number of aliphatic hydroxyl groups excluding tert-OH is 7. The number of esters is 1. The van der Waals surface area contributed by atoms with Crippen molar-refractivity contribution in [3.8, 4) is 0 Å². The van der Waals surface area contributed by atoms with E-state index in [2.05, 4.69) is 74.6 Å². The normalized spacial score (nSPS) is 25.2. The molecule has 0 saturated carbocycles. The van der Waals surface area contributed by atoms with Gasteiger partial charge in [0.1, 0.15) is 54.9 Å². The molecule has 2 heterocycles. The van der Waals surface area contributed by atoms with E-state index >= 15 is 0 Å². The standard InChI is InChI=1S/C60H106O14/c1-3-5-7-9-11-13-15-17-19-20-21-22-23-24-25-26-27-28-29-31-33-35-37-39-41-43-52(62)72-49(46-69-44-42-40-38-36-34-32-30-18-16-14-12-10-8-6-4-2)47-70-59-58(68)56(66)54(64)51(74-59)48-71-60-57(67)55(65)53(63)50(45-61)73-60/h5,7,11,13,17,19,21-22,24-25,49-51,53-61,63-68H,3-4,6,8-10,12,14-16,18,20,23,26-48H2,1-2H3/b7-5-,13-11-,19-17-,22-21-,25-24-. The fourth-order valence-electron chi connectivity index (χ4n) is 9.08. The highest BCUT2D eigenvalue weighted by Crippen LogP contribution is 2.27. The minimum absolute atomic E-state index is 0.0598. The van der Waals surface area contributed by atoms with Crippen LogP contribution in [0.15, 0.2) is 60.8 Å². The number of hydrogen-bond acceptors (Lipinski definition) is 14. The van der Waals surface area contributed by atoms with Crippen molar-refractivity contribution in [1.29, 1.82) is 0 Å². The van der Waals surface area contributed by atoms with E-state index in [-0.39, 0.29) is 25.6 Å². The van der Waals surface area contributed by atoms with Gasteiger partial charge in [0, 0.05) is 13.0 Å². The van der Waals surface area contributed by atoms with E-state index in [9.17, 15) is 40.5 Å². The molecule has 14 heteroatoms. The maximum atomic E-state index is 13.1. The number of aliphatic hydroxyl groups is 7. The number of unbranched alkanes of at least 4 members (excludes halogenated alkanes) is 23. The molecule has 430 valence electrons. The summed E-state index contributed by atoms with van der Waals surface area (Å²) in [5.41, 5.74) is 0. The lowest BCUT2D eigenvalue weighted by Gasteiger charge is -2.42. The van der Waals surface area contributed by atoms with E-state index in [0.29, 0.717) is 13.0 Å². The lowest BCUT2D eigenvalue weighted by atomic mass is 9.98. The number of hydrogen-bond donors (Lipinski definition) is 7. The first-order valence-electron chi connectivity index (χ1n) is 29.4. The Labute approximate surface area is 447 Å². The van der Waals surface area contributed by atoms with Gasteiger partial charge < -0.3 is 64.2 Å². The number of carbonyl (C=O) groups excluding carboxylic acids is 1. The van der Waals surface area contributed by atoms with E-state index in [1.165, 1.54) is 109 Å². The van der Waals surface area contributed by atoms with Crippen LogP contribution in [0.25, 0.3) is 0 Å². The van der Waals surface area contributed by atoms with Crippen LogP contribution in [0.1, 0.15) is 213 Å². The van der Waals surface area contributed by atoms with E-state index in [4.69, 9.17) is 28.4 Å². The molecule has 7 N–H and O–H groups in total. The van der Waals surface area contributed by atoms with Crippen LogP contribution >= 0.6 is 0 Å². The van der Waals surface area contributed by atoms with Gasteiger partial charge in [0.2, 0.25) is 0 Å². The van der Waals surface area contributed by atoms with Crippen LogP contribution in [-0.4, -0.2) is 142 Å². The minimum Gasteiger partial charge on any atom is -0.457 e. The molecule has 0 radical (unpaired) electrons. The van der Waals surface area contributed by atoms with Gasteiger partial charge in [-0.25, -0.2) is 0 Å². The second-order valence-corrected chi connectivity index (χ2v) is 20.4. The Bertz CT molecular complexity index is 1450. The Balaban J connectivity index is 1.70. The van der Waals surface area contributed by atoms with Gasteiger partial charge in [-0.15, -0.1) is 0 Å². The van der Waals surface area contributed by atoms with E-state index < -0.39 is 80.7 Å². The second-order valence-electron chi connectivity index (χ2n) is 20.4. The number of allylic oxidation sites excluding steroid dienone is 10. The molecule has 74 heavy (non-hydrogen) atoms. The van der Waals surface area contributed by atoms with Crippen LogP contribution in [0.2, 0.25) is 0 Å². The van der Waals surface area contributed by atoms with Gasteiger partial charge in [0.15, 0.2) is 12.6 Å². The van der Waals surface area contributed by atoms with Crippen molar-refractivity contribution in [2.24, 2.45) is 0 Å². The predicted octanol–water partition coefficient (Wildman–Crippen LogP) is 10.5. The summed E-state index contributed by atoms with van der Waals surface area (Å²) >= 11 is 0. The Morgan fingerprint density at radius 1 is 0.459 bits per heavy atom. The number of carbonyl (C=O) groups is 1. The fraction of sp³-hybridized carbons (Fsp3) is 0.817. The third-order valence-corrected chi connectivity index (χ3v) is 13.8. The van der Waals surface area contributed by atoms with Crippen LogP contribution < -0.4 is 0 Å². The zero-order valence-corrected chi connectivity index (χ0v) is 46.1.